The van der Waals surface area contributed by atoms with Crippen molar-refractivity contribution in [1.29, 1.82) is 0 Å². The number of nitrogens with zero attached hydrogens (tertiary/aromatic N) is 1. The Morgan fingerprint density at radius 1 is 1.14 bits per heavy atom. The van der Waals surface area contributed by atoms with Crippen LogP contribution in [0.1, 0.15) is 48.0 Å². The van der Waals surface area contributed by atoms with Crippen LogP contribution in [0.15, 0.2) is 41.8 Å². The van der Waals surface area contributed by atoms with Crippen LogP contribution in [0, 0.1) is 5.92 Å². The van der Waals surface area contributed by atoms with Gasteiger partial charge in [-0.15, -0.1) is 11.3 Å². The van der Waals surface area contributed by atoms with Crippen LogP contribution in [-0.2, 0) is 4.79 Å². The fourth-order valence-corrected chi connectivity index (χ4v) is 4.60. The molecular formula is C22H28ClN3O2S. The Labute approximate surface area is 181 Å². The van der Waals surface area contributed by atoms with E-state index in [2.05, 4.69) is 27.0 Å². The molecule has 5 nitrogen and oxygen atoms in total. The highest BCUT2D eigenvalue weighted by atomic mass is 35.5. The fourth-order valence-electron chi connectivity index (χ4n) is 3.61. The predicted octanol–water partition coefficient (Wildman–Crippen LogP) is 4.11. The minimum absolute atomic E-state index is 0.0294. The zero-order valence-electron chi connectivity index (χ0n) is 16.9. The lowest BCUT2D eigenvalue weighted by Gasteiger charge is -2.28. The molecule has 0 saturated carbocycles. The van der Waals surface area contributed by atoms with Crippen molar-refractivity contribution in [3.8, 4) is 0 Å². The summed E-state index contributed by atoms with van der Waals surface area (Å²) in [6.45, 7) is 6.52. The molecule has 1 aromatic heterocycles. The lowest BCUT2D eigenvalue weighted by molar-refractivity contribution is -0.124. The van der Waals surface area contributed by atoms with E-state index in [0.29, 0.717) is 17.1 Å². The summed E-state index contributed by atoms with van der Waals surface area (Å²) < 4.78 is 0. The first-order valence-electron chi connectivity index (χ1n) is 10.1. The topological polar surface area (TPSA) is 61.4 Å². The second-order valence-corrected chi connectivity index (χ2v) is 9.14. The normalized spacial score (nSPS) is 16.6. The Morgan fingerprint density at radius 3 is 2.41 bits per heavy atom. The predicted molar refractivity (Wildman–Crippen MR) is 118 cm³/mol. The van der Waals surface area contributed by atoms with Gasteiger partial charge < -0.3 is 10.6 Å². The van der Waals surface area contributed by atoms with Gasteiger partial charge in [-0.2, -0.15) is 0 Å². The molecule has 2 aromatic rings. The molecule has 0 radical (unpaired) electrons. The van der Waals surface area contributed by atoms with E-state index in [4.69, 9.17) is 11.6 Å². The molecule has 2 N–H and O–H groups in total. The van der Waals surface area contributed by atoms with Gasteiger partial charge in [0.1, 0.15) is 6.04 Å². The standard InChI is InChI=1S/C22H28ClN3O2S/c1-15(2)20(25-21(27)16-7-9-17(23)10-8-16)22(28)24-14-18(19-6-5-13-29-19)26-11-3-4-12-26/h5-10,13,15,18,20H,3-4,11-12,14H2,1-2H3,(H,24,28)(H,25,27). The number of benzene rings is 1. The molecule has 1 saturated heterocycles. The van der Waals surface area contributed by atoms with Gasteiger partial charge in [-0.25, -0.2) is 0 Å². The van der Waals surface area contributed by atoms with Crippen molar-refractivity contribution in [2.75, 3.05) is 19.6 Å². The molecule has 2 amide bonds. The molecule has 156 valence electrons. The SMILES string of the molecule is CC(C)C(NC(=O)c1ccc(Cl)cc1)C(=O)NCC(c1cccs1)N1CCCC1. The number of nitrogens with one attached hydrogen (secondary N) is 2. The molecule has 1 aromatic carbocycles. The van der Waals surface area contributed by atoms with E-state index in [1.807, 2.05) is 19.9 Å². The lowest BCUT2D eigenvalue weighted by Crippen LogP contribution is -2.51. The summed E-state index contributed by atoms with van der Waals surface area (Å²) in [7, 11) is 0. The molecule has 0 aliphatic carbocycles. The lowest BCUT2D eigenvalue weighted by atomic mass is 10.0. The molecule has 0 bridgehead atoms. The first kappa shape index (κ1) is 21.8. The summed E-state index contributed by atoms with van der Waals surface area (Å²) in [4.78, 5) is 29.2. The van der Waals surface area contributed by atoms with Crippen LogP contribution in [-0.4, -0.2) is 42.4 Å². The molecule has 2 atom stereocenters. The van der Waals surface area contributed by atoms with E-state index in [1.165, 1.54) is 17.7 Å². The average Bonchev–Trinajstić information content (AvgIpc) is 3.41. The van der Waals surface area contributed by atoms with Crippen LogP contribution in [0.4, 0.5) is 0 Å². The van der Waals surface area contributed by atoms with Crippen molar-refractivity contribution in [1.82, 2.24) is 15.5 Å². The van der Waals surface area contributed by atoms with Gasteiger partial charge >= 0.3 is 0 Å². The first-order chi connectivity index (χ1) is 14.0. The third kappa shape index (κ3) is 5.81. The molecular weight excluding hydrogens is 406 g/mol. The fraction of sp³-hybridized carbons (Fsp3) is 0.455. The molecule has 1 aliphatic heterocycles. The van der Waals surface area contributed by atoms with Crippen molar-refractivity contribution < 1.29 is 9.59 Å². The maximum Gasteiger partial charge on any atom is 0.251 e. The van der Waals surface area contributed by atoms with Crippen LogP contribution < -0.4 is 10.6 Å². The third-order valence-electron chi connectivity index (χ3n) is 5.26. The zero-order chi connectivity index (χ0) is 20.8. The molecule has 1 aliphatic rings. The molecule has 1 fully saturated rings. The van der Waals surface area contributed by atoms with Gasteiger partial charge in [0.15, 0.2) is 0 Å². The number of thiophene rings is 1. The Hall–Kier alpha value is -1.89. The Balaban J connectivity index is 1.63. The Bertz CT molecular complexity index is 802. The average molecular weight is 434 g/mol. The number of rotatable bonds is 8. The van der Waals surface area contributed by atoms with Crippen LogP contribution in [0.3, 0.4) is 0 Å². The van der Waals surface area contributed by atoms with Crippen molar-refractivity contribution in [3.05, 3.63) is 57.2 Å². The van der Waals surface area contributed by atoms with Crippen LogP contribution in [0.2, 0.25) is 5.02 Å². The van der Waals surface area contributed by atoms with Gasteiger partial charge in [0.25, 0.3) is 5.91 Å². The molecule has 7 heteroatoms. The van der Waals surface area contributed by atoms with Gasteiger partial charge in [0, 0.05) is 22.0 Å². The van der Waals surface area contributed by atoms with Gasteiger partial charge in [0.2, 0.25) is 5.91 Å². The Kier molecular flexibility index (Phi) is 7.70. The van der Waals surface area contributed by atoms with E-state index < -0.39 is 6.04 Å². The highest BCUT2D eigenvalue weighted by Gasteiger charge is 2.28. The van der Waals surface area contributed by atoms with Crippen LogP contribution >= 0.6 is 22.9 Å². The van der Waals surface area contributed by atoms with Crippen molar-refractivity contribution in [3.63, 3.8) is 0 Å². The minimum Gasteiger partial charge on any atom is -0.352 e. The number of carbonyl (C=O) groups is 2. The number of carbonyl (C=O) groups excluding carboxylic acids is 2. The first-order valence-corrected chi connectivity index (χ1v) is 11.3. The van der Waals surface area contributed by atoms with E-state index >= 15 is 0 Å². The number of halogens is 1. The van der Waals surface area contributed by atoms with Crippen LogP contribution in [0.5, 0.6) is 0 Å². The number of amides is 2. The summed E-state index contributed by atoms with van der Waals surface area (Å²) in [5.41, 5.74) is 0.487. The number of likely N-dealkylation sites (tertiary alicyclic amines) is 1. The van der Waals surface area contributed by atoms with Crippen molar-refractivity contribution in [2.45, 2.75) is 38.8 Å². The highest BCUT2D eigenvalue weighted by molar-refractivity contribution is 7.10. The minimum atomic E-state index is -0.597. The summed E-state index contributed by atoms with van der Waals surface area (Å²) in [5.74, 6) is -0.453. The van der Waals surface area contributed by atoms with Crippen molar-refractivity contribution >= 4 is 34.8 Å². The van der Waals surface area contributed by atoms with E-state index in [-0.39, 0.29) is 23.8 Å². The van der Waals surface area contributed by atoms with E-state index in [9.17, 15) is 9.59 Å². The molecule has 0 spiro atoms. The quantitative estimate of drug-likeness (QED) is 0.658. The summed E-state index contributed by atoms with van der Waals surface area (Å²) >= 11 is 7.61. The molecule has 2 heterocycles. The van der Waals surface area contributed by atoms with E-state index in [0.717, 1.165) is 13.1 Å². The van der Waals surface area contributed by atoms with Gasteiger partial charge in [-0.3, -0.25) is 14.5 Å². The maximum atomic E-state index is 12.9. The summed E-state index contributed by atoms with van der Waals surface area (Å²) in [5, 5.41) is 8.60. The van der Waals surface area contributed by atoms with E-state index in [1.54, 1.807) is 35.6 Å². The number of hydrogen-bond acceptors (Lipinski definition) is 4. The largest absolute Gasteiger partial charge is 0.352 e. The monoisotopic (exact) mass is 433 g/mol. The van der Waals surface area contributed by atoms with Crippen LogP contribution in [0.25, 0.3) is 0 Å². The summed E-state index contributed by atoms with van der Waals surface area (Å²) in [6.07, 6.45) is 2.39. The Morgan fingerprint density at radius 2 is 1.83 bits per heavy atom. The summed E-state index contributed by atoms with van der Waals surface area (Å²) in [6, 6.07) is 10.4. The molecule has 3 rings (SSSR count). The second-order valence-electron chi connectivity index (χ2n) is 7.72. The third-order valence-corrected chi connectivity index (χ3v) is 6.49. The zero-order valence-corrected chi connectivity index (χ0v) is 18.4. The van der Waals surface area contributed by atoms with Gasteiger partial charge in [0.05, 0.1) is 6.04 Å². The maximum absolute atomic E-state index is 12.9. The van der Waals surface area contributed by atoms with Crippen molar-refractivity contribution in [2.24, 2.45) is 5.92 Å². The van der Waals surface area contributed by atoms with Gasteiger partial charge in [-0.1, -0.05) is 31.5 Å². The molecule has 2 unspecified atom stereocenters. The second kappa shape index (κ2) is 10.2. The smallest absolute Gasteiger partial charge is 0.251 e. The van der Waals surface area contributed by atoms with Gasteiger partial charge in [-0.05, 0) is 67.6 Å². The highest BCUT2D eigenvalue weighted by Crippen LogP contribution is 2.27. The number of hydrogen-bond donors (Lipinski definition) is 2. The molecule has 29 heavy (non-hydrogen) atoms.